The van der Waals surface area contributed by atoms with Crippen molar-refractivity contribution in [3.8, 4) is 17.6 Å². The SMILES string of the molecule is CC(C)n1cnnc1-c1cccc(N2CCN(c3ccc(C(C#N)N4CCOCC4)nc3)C2=O)n1. The van der Waals surface area contributed by atoms with Gasteiger partial charge >= 0.3 is 6.03 Å². The van der Waals surface area contributed by atoms with E-state index in [-0.39, 0.29) is 12.1 Å². The predicted octanol–water partition coefficient (Wildman–Crippen LogP) is 2.66. The van der Waals surface area contributed by atoms with Gasteiger partial charge in [0.15, 0.2) is 5.82 Å². The Balaban J connectivity index is 1.33. The Hall–Kier alpha value is -3.88. The van der Waals surface area contributed by atoms with Crippen molar-refractivity contribution in [1.82, 2.24) is 29.6 Å². The number of carbonyl (C=O) groups is 1. The fraction of sp³-hybridized carbons (Fsp3) is 0.417. The van der Waals surface area contributed by atoms with Crippen LogP contribution in [0, 0.1) is 11.3 Å². The number of hydrogen-bond donors (Lipinski definition) is 0. The summed E-state index contributed by atoms with van der Waals surface area (Å²) in [5.74, 6) is 1.23. The van der Waals surface area contributed by atoms with E-state index in [4.69, 9.17) is 9.72 Å². The van der Waals surface area contributed by atoms with E-state index in [1.807, 2.05) is 34.9 Å². The molecule has 3 aromatic heterocycles. The lowest BCUT2D eigenvalue weighted by Crippen LogP contribution is -2.38. The van der Waals surface area contributed by atoms with Crippen molar-refractivity contribution in [2.75, 3.05) is 49.2 Å². The van der Waals surface area contributed by atoms with Crippen molar-refractivity contribution in [3.63, 3.8) is 0 Å². The van der Waals surface area contributed by atoms with E-state index >= 15 is 0 Å². The summed E-state index contributed by atoms with van der Waals surface area (Å²) in [5.41, 5.74) is 2.03. The maximum absolute atomic E-state index is 13.3. The fourth-order valence-electron chi connectivity index (χ4n) is 4.38. The van der Waals surface area contributed by atoms with Gasteiger partial charge in [-0.25, -0.2) is 9.78 Å². The topological polar surface area (TPSA) is 116 Å². The van der Waals surface area contributed by atoms with Crippen LogP contribution < -0.4 is 9.80 Å². The number of morpholine rings is 1. The molecule has 0 aromatic carbocycles. The number of urea groups is 1. The fourth-order valence-corrected chi connectivity index (χ4v) is 4.38. The lowest BCUT2D eigenvalue weighted by Gasteiger charge is -2.30. The van der Waals surface area contributed by atoms with Gasteiger partial charge in [-0.05, 0) is 38.1 Å². The zero-order valence-corrected chi connectivity index (χ0v) is 19.8. The summed E-state index contributed by atoms with van der Waals surface area (Å²) < 4.78 is 7.33. The van der Waals surface area contributed by atoms with Gasteiger partial charge in [-0.3, -0.25) is 19.7 Å². The molecule has 2 fully saturated rings. The highest BCUT2D eigenvalue weighted by Crippen LogP contribution is 2.27. The van der Waals surface area contributed by atoms with Crippen molar-refractivity contribution in [3.05, 3.63) is 48.5 Å². The third kappa shape index (κ3) is 4.45. The van der Waals surface area contributed by atoms with Crippen LogP contribution in [0.25, 0.3) is 11.5 Å². The van der Waals surface area contributed by atoms with Gasteiger partial charge in [0.25, 0.3) is 0 Å². The molecular weight excluding hydrogens is 446 g/mol. The van der Waals surface area contributed by atoms with Crippen LogP contribution in [-0.4, -0.2) is 75.1 Å². The van der Waals surface area contributed by atoms with Gasteiger partial charge in [0.05, 0.1) is 36.9 Å². The third-order valence-corrected chi connectivity index (χ3v) is 6.27. The maximum atomic E-state index is 13.3. The van der Waals surface area contributed by atoms with Crippen LogP contribution in [-0.2, 0) is 4.74 Å². The van der Waals surface area contributed by atoms with Crippen LogP contribution in [0.4, 0.5) is 16.3 Å². The second kappa shape index (κ2) is 9.77. The van der Waals surface area contributed by atoms with Crippen LogP contribution in [0.15, 0.2) is 42.9 Å². The number of carbonyl (C=O) groups excluding carboxylic acids is 1. The molecule has 180 valence electrons. The van der Waals surface area contributed by atoms with Gasteiger partial charge in [0, 0.05) is 32.2 Å². The van der Waals surface area contributed by atoms with Gasteiger partial charge in [0.1, 0.15) is 23.9 Å². The lowest BCUT2D eigenvalue weighted by molar-refractivity contribution is 0.0260. The number of hydrogen-bond acceptors (Lipinski definition) is 8. The Morgan fingerprint density at radius 2 is 1.86 bits per heavy atom. The zero-order valence-electron chi connectivity index (χ0n) is 19.8. The molecule has 5 rings (SSSR count). The Kier molecular flexibility index (Phi) is 6.39. The summed E-state index contributed by atoms with van der Waals surface area (Å²) in [6.45, 7) is 7.73. The van der Waals surface area contributed by atoms with E-state index in [0.717, 1.165) is 0 Å². The van der Waals surface area contributed by atoms with Crippen LogP contribution in [0.2, 0.25) is 0 Å². The molecule has 5 heterocycles. The number of nitriles is 1. The molecule has 0 saturated carbocycles. The van der Waals surface area contributed by atoms with E-state index in [0.29, 0.717) is 68.1 Å². The van der Waals surface area contributed by atoms with Crippen molar-refractivity contribution in [2.24, 2.45) is 0 Å². The predicted molar refractivity (Wildman–Crippen MR) is 129 cm³/mol. The number of ether oxygens (including phenoxy) is 1. The summed E-state index contributed by atoms with van der Waals surface area (Å²) >= 11 is 0. The summed E-state index contributed by atoms with van der Waals surface area (Å²) in [5, 5.41) is 17.9. The van der Waals surface area contributed by atoms with E-state index in [2.05, 4.69) is 40.0 Å². The monoisotopic (exact) mass is 473 g/mol. The Morgan fingerprint density at radius 3 is 2.57 bits per heavy atom. The van der Waals surface area contributed by atoms with Gasteiger partial charge in [-0.15, -0.1) is 10.2 Å². The highest BCUT2D eigenvalue weighted by atomic mass is 16.5. The van der Waals surface area contributed by atoms with Crippen LogP contribution in [0.3, 0.4) is 0 Å². The standard InChI is InChI=1S/C24H27N9O2/c1-17(2)33-16-27-29-23(33)20-4-3-5-22(28-20)32-9-8-31(24(32)34)18-6-7-19(26-15-18)21(14-25)30-10-12-35-13-11-30/h3-7,15-17,21H,8-13H2,1-2H3. The van der Waals surface area contributed by atoms with Crippen molar-refractivity contribution in [1.29, 1.82) is 5.26 Å². The van der Waals surface area contributed by atoms with E-state index in [9.17, 15) is 10.1 Å². The molecule has 0 aliphatic carbocycles. The second-order valence-corrected chi connectivity index (χ2v) is 8.74. The number of amides is 2. The van der Waals surface area contributed by atoms with E-state index in [1.165, 1.54) is 0 Å². The Labute approximate surface area is 203 Å². The van der Waals surface area contributed by atoms with Crippen molar-refractivity contribution < 1.29 is 9.53 Å². The molecule has 2 amide bonds. The van der Waals surface area contributed by atoms with Crippen molar-refractivity contribution in [2.45, 2.75) is 25.9 Å². The summed E-state index contributed by atoms with van der Waals surface area (Å²) in [6.07, 6.45) is 3.35. The van der Waals surface area contributed by atoms with Crippen LogP contribution in [0.5, 0.6) is 0 Å². The first-order chi connectivity index (χ1) is 17.1. The largest absolute Gasteiger partial charge is 0.379 e. The minimum absolute atomic E-state index is 0.167. The second-order valence-electron chi connectivity index (χ2n) is 8.74. The van der Waals surface area contributed by atoms with Crippen LogP contribution >= 0.6 is 0 Å². The summed E-state index contributed by atoms with van der Waals surface area (Å²) in [6, 6.07) is 11.2. The van der Waals surface area contributed by atoms with E-state index in [1.54, 1.807) is 22.3 Å². The quantitative estimate of drug-likeness (QED) is 0.536. The van der Waals surface area contributed by atoms with Crippen molar-refractivity contribution >= 4 is 17.5 Å². The number of rotatable bonds is 6. The van der Waals surface area contributed by atoms with Gasteiger partial charge in [-0.1, -0.05) is 6.07 Å². The molecule has 11 nitrogen and oxygen atoms in total. The number of nitrogens with zero attached hydrogens (tertiary/aromatic N) is 9. The molecule has 35 heavy (non-hydrogen) atoms. The minimum Gasteiger partial charge on any atom is -0.379 e. The molecule has 2 aliphatic rings. The lowest BCUT2D eigenvalue weighted by atomic mass is 10.1. The maximum Gasteiger partial charge on any atom is 0.330 e. The van der Waals surface area contributed by atoms with Gasteiger partial charge < -0.3 is 9.30 Å². The molecule has 2 saturated heterocycles. The smallest absolute Gasteiger partial charge is 0.330 e. The molecular formula is C24H27N9O2. The Morgan fingerprint density at radius 1 is 1.06 bits per heavy atom. The molecule has 1 unspecified atom stereocenters. The molecule has 0 bridgehead atoms. The number of aromatic nitrogens is 5. The van der Waals surface area contributed by atoms with Gasteiger partial charge in [-0.2, -0.15) is 5.26 Å². The highest BCUT2D eigenvalue weighted by Gasteiger charge is 2.32. The molecule has 0 radical (unpaired) electrons. The molecule has 2 aliphatic heterocycles. The van der Waals surface area contributed by atoms with E-state index < -0.39 is 6.04 Å². The average molecular weight is 474 g/mol. The van der Waals surface area contributed by atoms with Gasteiger partial charge in [0.2, 0.25) is 0 Å². The highest BCUT2D eigenvalue weighted by molar-refractivity contribution is 6.05. The average Bonchev–Trinajstić information content (AvgIpc) is 3.53. The molecule has 0 spiro atoms. The number of pyridine rings is 2. The minimum atomic E-state index is -0.432. The summed E-state index contributed by atoms with van der Waals surface area (Å²) in [4.78, 5) is 27.9. The normalized spacial score (nSPS) is 17.7. The molecule has 11 heteroatoms. The van der Waals surface area contributed by atoms with Crippen LogP contribution in [0.1, 0.15) is 31.6 Å². The zero-order chi connectivity index (χ0) is 24.4. The first-order valence-electron chi connectivity index (χ1n) is 11.7. The molecule has 1 atom stereocenters. The molecule has 3 aromatic rings. The molecule has 0 N–H and O–H groups in total. The third-order valence-electron chi connectivity index (χ3n) is 6.27. The summed E-state index contributed by atoms with van der Waals surface area (Å²) in [7, 11) is 0. The first kappa shape index (κ1) is 22.9. The number of anilines is 2. The first-order valence-corrected chi connectivity index (χ1v) is 11.7. The Bertz CT molecular complexity index is 1230.